The third-order valence-electron chi connectivity index (χ3n) is 3.87. The van der Waals surface area contributed by atoms with E-state index in [0.29, 0.717) is 16.3 Å². The van der Waals surface area contributed by atoms with Crippen molar-refractivity contribution in [2.75, 3.05) is 12.4 Å². The molecule has 21 heavy (non-hydrogen) atoms. The molecule has 0 spiro atoms. The molecule has 0 bridgehead atoms. The normalized spacial score (nSPS) is 21.7. The van der Waals surface area contributed by atoms with Gasteiger partial charge in [0, 0.05) is 18.7 Å². The average molecular weight is 310 g/mol. The van der Waals surface area contributed by atoms with Gasteiger partial charge in [0.2, 0.25) is 5.91 Å². The van der Waals surface area contributed by atoms with Crippen molar-refractivity contribution in [2.45, 2.75) is 31.7 Å². The van der Waals surface area contributed by atoms with Crippen LogP contribution in [-0.4, -0.2) is 24.9 Å². The molecule has 1 aromatic rings. The van der Waals surface area contributed by atoms with E-state index in [-0.39, 0.29) is 23.8 Å². The maximum atomic E-state index is 12.3. The third kappa shape index (κ3) is 3.74. The van der Waals surface area contributed by atoms with Crippen LogP contribution in [0, 0.1) is 5.92 Å². The Morgan fingerprint density at radius 1 is 1.29 bits per heavy atom. The van der Waals surface area contributed by atoms with Crippen LogP contribution < -0.4 is 16.4 Å². The summed E-state index contributed by atoms with van der Waals surface area (Å²) >= 11 is 6.09. The molecule has 0 saturated heterocycles. The SMILES string of the molecule is CNC(=O)c1ccc(Cl)c(NC(=O)C2CCCCC2N)c1. The van der Waals surface area contributed by atoms with Gasteiger partial charge in [0.1, 0.15) is 0 Å². The maximum Gasteiger partial charge on any atom is 0.251 e. The minimum atomic E-state index is -0.225. The summed E-state index contributed by atoms with van der Waals surface area (Å²) < 4.78 is 0. The highest BCUT2D eigenvalue weighted by Crippen LogP contribution is 2.27. The predicted molar refractivity (Wildman–Crippen MR) is 83.4 cm³/mol. The highest BCUT2D eigenvalue weighted by molar-refractivity contribution is 6.33. The van der Waals surface area contributed by atoms with Gasteiger partial charge < -0.3 is 16.4 Å². The van der Waals surface area contributed by atoms with E-state index in [0.717, 1.165) is 25.7 Å². The first-order valence-electron chi connectivity index (χ1n) is 7.11. The fourth-order valence-corrected chi connectivity index (χ4v) is 2.78. The van der Waals surface area contributed by atoms with Gasteiger partial charge in [-0.05, 0) is 31.0 Å². The first-order valence-corrected chi connectivity index (χ1v) is 7.49. The van der Waals surface area contributed by atoms with Gasteiger partial charge in [-0.2, -0.15) is 0 Å². The van der Waals surface area contributed by atoms with Crippen molar-refractivity contribution in [1.29, 1.82) is 0 Å². The second-order valence-electron chi connectivity index (χ2n) is 5.32. The number of amides is 2. The van der Waals surface area contributed by atoms with Crippen molar-refractivity contribution in [3.8, 4) is 0 Å². The van der Waals surface area contributed by atoms with E-state index in [1.807, 2.05) is 0 Å². The Labute approximate surface area is 129 Å². The largest absolute Gasteiger partial charge is 0.355 e. The number of halogens is 1. The standard InChI is InChI=1S/C15H20ClN3O2/c1-18-14(20)9-6-7-11(16)13(8-9)19-15(21)10-4-2-3-5-12(10)17/h6-8,10,12H,2-5,17H2,1H3,(H,18,20)(H,19,21). The molecule has 1 saturated carbocycles. The summed E-state index contributed by atoms with van der Waals surface area (Å²) in [4.78, 5) is 24.0. The number of rotatable bonds is 3. The minimum Gasteiger partial charge on any atom is -0.355 e. The second-order valence-corrected chi connectivity index (χ2v) is 5.73. The molecule has 5 nitrogen and oxygen atoms in total. The van der Waals surface area contributed by atoms with Crippen molar-refractivity contribution in [3.63, 3.8) is 0 Å². The van der Waals surface area contributed by atoms with Gasteiger partial charge in [-0.25, -0.2) is 0 Å². The van der Waals surface area contributed by atoms with E-state index < -0.39 is 0 Å². The zero-order valence-electron chi connectivity index (χ0n) is 12.0. The molecule has 2 atom stereocenters. The molecule has 1 aliphatic carbocycles. The summed E-state index contributed by atoms with van der Waals surface area (Å²) in [6.07, 6.45) is 3.74. The van der Waals surface area contributed by atoms with Crippen LogP contribution in [0.25, 0.3) is 0 Å². The lowest BCUT2D eigenvalue weighted by molar-refractivity contribution is -0.121. The van der Waals surface area contributed by atoms with E-state index in [2.05, 4.69) is 10.6 Å². The van der Waals surface area contributed by atoms with E-state index in [1.54, 1.807) is 25.2 Å². The monoisotopic (exact) mass is 309 g/mol. The van der Waals surface area contributed by atoms with Gasteiger partial charge in [-0.15, -0.1) is 0 Å². The van der Waals surface area contributed by atoms with Crippen molar-refractivity contribution >= 4 is 29.1 Å². The van der Waals surface area contributed by atoms with Crippen LogP contribution in [0.2, 0.25) is 5.02 Å². The topological polar surface area (TPSA) is 84.2 Å². The lowest BCUT2D eigenvalue weighted by Crippen LogP contribution is -2.40. The predicted octanol–water partition coefficient (Wildman–Crippen LogP) is 2.16. The number of nitrogens with one attached hydrogen (secondary N) is 2. The van der Waals surface area contributed by atoms with Crippen LogP contribution in [-0.2, 0) is 4.79 Å². The van der Waals surface area contributed by atoms with Crippen LogP contribution in [0.5, 0.6) is 0 Å². The molecule has 2 unspecified atom stereocenters. The lowest BCUT2D eigenvalue weighted by atomic mass is 9.84. The Morgan fingerprint density at radius 2 is 2.00 bits per heavy atom. The molecule has 0 aliphatic heterocycles. The van der Waals surface area contributed by atoms with E-state index in [9.17, 15) is 9.59 Å². The summed E-state index contributed by atoms with van der Waals surface area (Å²) in [5.74, 6) is -0.548. The van der Waals surface area contributed by atoms with E-state index in [4.69, 9.17) is 17.3 Å². The van der Waals surface area contributed by atoms with Gasteiger partial charge in [0.15, 0.2) is 0 Å². The molecule has 1 aromatic carbocycles. The van der Waals surface area contributed by atoms with Crippen LogP contribution in [0.1, 0.15) is 36.0 Å². The van der Waals surface area contributed by atoms with Crippen LogP contribution >= 0.6 is 11.6 Å². The molecule has 1 aliphatic rings. The Hall–Kier alpha value is -1.59. The summed E-state index contributed by atoms with van der Waals surface area (Å²) in [5.41, 5.74) is 6.91. The number of hydrogen-bond acceptors (Lipinski definition) is 3. The average Bonchev–Trinajstić information content (AvgIpc) is 2.49. The highest BCUT2D eigenvalue weighted by atomic mass is 35.5. The van der Waals surface area contributed by atoms with Gasteiger partial charge >= 0.3 is 0 Å². The summed E-state index contributed by atoms with van der Waals surface area (Å²) in [7, 11) is 1.55. The zero-order valence-corrected chi connectivity index (χ0v) is 12.7. The molecule has 2 rings (SSSR count). The van der Waals surface area contributed by atoms with Crippen molar-refractivity contribution in [3.05, 3.63) is 28.8 Å². The van der Waals surface area contributed by atoms with Gasteiger partial charge in [0.05, 0.1) is 16.6 Å². The number of carbonyl (C=O) groups excluding carboxylic acids is 2. The highest BCUT2D eigenvalue weighted by Gasteiger charge is 2.28. The molecule has 0 radical (unpaired) electrons. The molecule has 2 amide bonds. The molecule has 0 heterocycles. The van der Waals surface area contributed by atoms with E-state index in [1.165, 1.54) is 0 Å². The number of anilines is 1. The molecule has 4 N–H and O–H groups in total. The molecule has 0 aromatic heterocycles. The number of hydrogen-bond donors (Lipinski definition) is 3. The molecule has 114 valence electrons. The number of nitrogens with two attached hydrogens (primary N) is 1. The molecular formula is C15H20ClN3O2. The van der Waals surface area contributed by atoms with Crippen LogP contribution in [0.3, 0.4) is 0 Å². The van der Waals surface area contributed by atoms with Crippen molar-refractivity contribution in [2.24, 2.45) is 11.7 Å². The summed E-state index contributed by atoms with van der Waals surface area (Å²) in [6, 6.07) is 4.68. The zero-order chi connectivity index (χ0) is 15.4. The Kier molecular flexibility index (Phi) is 5.20. The first-order chi connectivity index (χ1) is 10.0. The number of carbonyl (C=O) groups is 2. The lowest BCUT2D eigenvalue weighted by Gasteiger charge is -2.27. The second kappa shape index (κ2) is 6.91. The fourth-order valence-electron chi connectivity index (χ4n) is 2.62. The molecule has 6 heteroatoms. The van der Waals surface area contributed by atoms with Gasteiger partial charge in [-0.3, -0.25) is 9.59 Å². The first kappa shape index (κ1) is 15.8. The van der Waals surface area contributed by atoms with Crippen LogP contribution in [0.15, 0.2) is 18.2 Å². The Morgan fingerprint density at radius 3 is 2.67 bits per heavy atom. The van der Waals surface area contributed by atoms with Crippen LogP contribution in [0.4, 0.5) is 5.69 Å². The van der Waals surface area contributed by atoms with Crippen molar-refractivity contribution < 1.29 is 9.59 Å². The Bertz CT molecular complexity index is 548. The number of benzene rings is 1. The maximum absolute atomic E-state index is 12.3. The minimum absolute atomic E-state index is 0.111. The van der Waals surface area contributed by atoms with E-state index >= 15 is 0 Å². The smallest absolute Gasteiger partial charge is 0.251 e. The van der Waals surface area contributed by atoms with Gasteiger partial charge in [0.25, 0.3) is 5.91 Å². The molecular weight excluding hydrogens is 290 g/mol. The molecule has 1 fully saturated rings. The summed E-state index contributed by atoms with van der Waals surface area (Å²) in [5, 5.41) is 5.74. The Balaban J connectivity index is 2.14. The van der Waals surface area contributed by atoms with Gasteiger partial charge in [-0.1, -0.05) is 24.4 Å². The fraction of sp³-hybridized carbons (Fsp3) is 0.467. The summed E-state index contributed by atoms with van der Waals surface area (Å²) in [6.45, 7) is 0. The quantitative estimate of drug-likeness (QED) is 0.800. The van der Waals surface area contributed by atoms with Crippen molar-refractivity contribution in [1.82, 2.24) is 5.32 Å². The third-order valence-corrected chi connectivity index (χ3v) is 4.20.